The molecule has 0 radical (unpaired) electrons. The second-order valence-electron chi connectivity index (χ2n) is 5.79. The number of carbonyl (C=O) groups is 3. The van der Waals surface area contributed by atoms with E-state index in [-0.39, 0.29) is 5.75 Å². The summed E-state index contributed by atoms with van der Waals surface area (Å²) >= 11 is 1.29. The third-order valence-electron chi connectivity index (χ3n) is 3.53. The molecule has 150 valence electrons. The number of amides is 3. The summed E-state index contributed by atoms with van der Waals surface area (Å²) in [5, 5.41) is 16.4. The zero-order valence-corrected chi connectivity index (χ0v) is 16.5. The molecule has 2 rings (SSSR count). The molecule has 3 N–H and O–H groups in total. The standard InChI is InChI=1S/C20H20N4O4S/c1-14(22-20(27)23-15-7-3-2-4-8-15)19(26)28-13-18(25)24-16-9-5-6-10-17(16)29-12-11-21/h2-10,14H,12-13H2,1H3,(H,24,25)(H2,22,23,27)/t14-/m0/s1. The van der Waals surface area contributed by atoms with Gasteiger partial charge >= 0.3 is 12.0 Å². The number of para-hydroxylation sites is 2. The second kappa shape index (κ2) is 11.4. The van der Waals surface area contributed by atoms with Crippen LogP contribution in [0.2, 0.25) is 0 Å². The van der Waals surface area contributed by atoms with Gasteiger partial charge < -0.3 is 20.7 Å². The number of esters is 1. The number of hydrogen-bond acceptors (Lipinski definition) is 6. The smallest absolute Gasteiger partial charge is 0.328 e. The number of ether oxygens (including phenoxy) is 1. The molecule has 29 heavy (non-hydrogen) atoms. The highest BCUT2D eigenvalue weighted by molar-refractivity contribution is 7.99. The molecule has 1 atom stereocenters. The van der Waals surface area contributed by atoms with Crippen molar-refractivity contribution >= 4 is 41.0 Å². The quantitative estimate of drug-likeness (QED) is 0.453. The molecule has 0 unspecified atom stereocenters. The van der Waals surface area contributed by atoms with Crippen molar-refractivity contribution in [2.75, 3.05) is 23.0 Å². The Morgan fingerprint density at radius 1 is 1.07 bits per heavy atom. The van der Waals surface area contributed by atoms with Gasteiger partial charge in [-0.3, -0.25) is 4.79 Å². The number of nitriles is 1. The van der Waals surface area contributed by atoms with Gasteiger partial charge in [-0.05, 0) is 31.2 Å². The van der Waals surface area contributed by atoms with Crippen LogP contribution in [-0.2, 0) is 14.3 Å². The van der Waals surface area contributed by atoms with Crippen LogP contribution in [0.15, 0.2) is 59.5 Å². The van der Waals surface area contributed by atoms with Crippen molar-refractivity contribution in [1.82, 2.24) is 5.32 Å². The lowest BCUT2D eigenvalue weighted by Gasteiger charge is -2.14. The van der Waals surface area contributed by atoms with Gasteiger partial charge in [0.25, 0.3) is 5.91 Å². The number of nitrogens with one attached hydrogen (secondary N) is 3. The third kappa shape index (κ3) is 7.56. The van der Waals surface area contributed by atoms with Gasteiger partial charge in [0, 0.05) is 10.6 Å². The molecule has 2 aromatic rings. The third-order valence-corrected chi connectivity index (χ3v) is 4.47. The van der Waals surface area contributed by atoms with Crippen LogP contribution >= 0.6 is 11.8 Å². The molecule has 2 aromatic carbocycles. The fraction of sp³-hybridized carbons (Fsp3) is 0.200. The Balaban J connectivity index is 1.78. The van der Waals surface area contributed by atoms with E-state index in [9.17, 15) is 14.4 Å². The van der Waals surface area contributed by atoms with Crippen LogP contribution in [-0.4, -0.2) is 36.3 Å². The van der Waals surface area contributed by atoms with Gasteiger partial charge in [-0.1, -0.05) is 30.3 Å². The molecule has 0 saturated carbocycles. The Morgan fingerprint density at radius 3 is 2.48 bits per heavy atom. The van der Waals surface area contributed by atoms with E-state index in [4.69, 9.17) is 10.00 Å². The monoisotopic (exact) mass is 412 g/mol. The first-order valence-electron chi connectivity index (χ1n) is 8.67. The Bertz CT molecular complexity index is 899. The van der Waals surface area contributed by atoms with E-state index in [1.165, 1.54) is 18.7 Å². The van der Waals surface area contributed by atoms with Gasteiger partial charge in [-0.2, -0.15) is 5.26 Å². The average molecular weight is 412 g/mol. The zero-order chi connectivity index (χ0) is 21.1. The number of nitrogens with zero attached hydrogens (tertiary/aromatic N) is 1. The molecule has 0 aliphatic carbocycles. The minimum absolute atomic E-state index is 0.246. The maximum absolute atomic E-state index is 12.1. The SMILES string of the molecule is C[C@H](NC(=O)Nc1ccccc1)C(=O)OCC(=O)Nc1ccccc1SCC#N. The number of anilines is 2. The molecule has 0 saturated heterocycles. The molecule has 8 nitrogen and oxygen atoms in total. The Morgan fingerprint density at radius 2 is 1.76 bits per heavy atom. The molecule has 0 aliphatic heterocycles. The van der Waals surface area contributed by atoms with E-state index in [2.05, 4.69) is 16.0 Å². The van der Waals surface area contributed by atoms with E-state index < -0.39 is 30.6 Å². The van der Waals surface area contributed by atoms with Crippen LogP contribution in [0, 0.1) is 11.3 Å². The van der Waals surface area contributed by atoms with Gasteiger partial charge in [0.15, 0.2) is 6.61 Å². The Kier molecular flexibility index (Phi) is 8.53. The van der Waals surface area contributed by atoms with Gasteiger partial charge in [0.2, 0.25) is 0 Å². The molecule has 0 aromatic heterocycles. The lowest BCUT2D eigenvalue weighted by molar-refractivity contribution is -0.148. The minimum atomic E-state index is -0.940. The summed E-state index contributed by atoms with van der Waals surface area (Å²) in [5.74, 6) is -1.02. The number of urea groups is 1. The topological polar surface area (TPSA) is 120 Å². The van der Waals surface area contributed by atoms with Crippen molar-refractivity contribution in [1.29, 1.82) is 5.26 Å². The van der Waals surface area contributed by atoms with Crippen LogP contribution in [0.5, 0.6) is 0 Å². The first kappa shape index (κ1) is 21.8. The lowest BCUT2D eigenvalue weighted by atomic mass is 10.3. The van der Waals surface area contributed by atoms with Crippen LogP contribution in [0.3, 0.4) is 0 Å². The van der Waals surface area contributed by atoms with Gasteiger partial charge in [-0.15, -0.1) is 11.8 Å². The highest BCUT2D eigenvalue weighted by Crippen LogP contribution is 2.26. The van der Waals surface area contributed by atoms with E-state index in [1.807, 2.05) is 12.1 Å². The minimum Gasteiger partial charge on any atom is -0.454 e. The van der Waals surface area contributed by atoms with Gasteiger partial charge in [-0.25, -0.2) is 9.59 Å². The fourth-order valence-electron chi connectivity index (χ4n) is 2.20. The maximum Gasteiger partial charge on any atom is 0.328 e. The Labute approximate surface area is 172 Å². The first-order valence-corrected chi connectivity index (χ1v) is 9.66. The molecule has 3 amide bonds. The normalized spacial score (nSPS) is 10.9. The predicted octanol–water partition coefficient (Wildman–Crippen LogP) is 2.99. The molecule has 9 heteroatoms. The molecule has 0 spiro atoms. The summed E-state index contributed by atoms with van der Waals surface area (Å²) in [6, 6.07) is 16.3. The summed E-state index contributed by atoms with van der Waals surface area (Å²) in [6.45, 7) is 0.959. The van der Waals surface area contributed by atoms with Gasteiger partial charge in [0.1, 0.15) is 6.04 Å². The van der Waals surface area contributed by atoms with Crippen molar-refractivity contribution in [2.45, 2.75) is 17.9 Å². The molecule has 0 aliphatic rings. The van der Waals surface area contributed by atoms with Gasteiger partial charge in [0.05, 0.1) is 17.5 Å². The Hall–Kier alpha value is -3.51. The van der Waals surface area contributed by atoms with Crippen molar-refractivity contribution in [2.24, 2.45) is 0 Å². The second-order valence-corrected chi connectivity index (χ2v) is 6.80. The van der Waals surface area contributed by atoms with E-state index >= 15 is 0 Å². The van der Waals surface area contributed by atoms with Crippen molar-refractivity contribution in [3.63, 3.8) is 0 Å². The number of hydrogen-bond donors (Lipinski definition) is 3. The summed E-state index contributed by atoms with van der Waals surface area (Å²) in [5.41, 5.74) is 1.11. The van der Waals surface area contributed by atoms with E-state index in [0.29, 0.717) is 11.4 Å². The summed E-state index contributed by atoms with van der Waals surface area (Å²) in [7, 11) is 0. The molecular weight excluding hydrogens is 392 g/mol. The lowest BCUT2D eigenvalue weighted by Crippen LogP contribution is -2.42. The fourth-order valence-corrected chi connectivity index (χ4v) is 2.87. The highest BCUT2D eigenvalue weighted by atomic mass is 32.2. The van der Waals surface area contributed by atoms with E-state index in [0.717, 1.165) is 4.90 Å². The van der Waals surface area contributed by atoms with Crippen molar-refractivity contribution < 1.29 is 19.1 Å². The molecule has 0 bridgehead atoms. The summed E-state index contributed by atoms with van der Waals surface area (Å²) < 4.78 is 4.96. The van der Waals surface area contributed by atoms with Crippen LogP contribution in [0.4, 0.5) is 16.2 Å². The zero-order valence-electron chi connectivity index (χ0n) is 15.7. The predicted molar refractivity (Wildman–Crippen MR) is 110 cm³/mol. The van der Waals surface area contributed by atoms with Crippen LogP contribution < -0.4 is 16.0 Å². The molecular formula is C20H20N4O4S. The average Bonchev–Trinajstić information content (AvgIpc) is 2.72. The number of thioether (sulfide) groups is 1. The number of benzene rings is 2. The maximum atomic E-state index is 12.1. The first-order chi connectivity index (χ1) is 14.0. The molecule has 0 fully saturated rings. The van der Waals surface area contributed by atoms with Crippen molar-refractivity contribution in [3.8, 4) is 6.07 Å². The summed E-state index contributed by atoms with van der Waals surface area (Å²) in [6.07, 6.45) is 0. The van der Waals surface area contributed by atoms with Crippen molar-refractivity contribution in [3.05, 3.63) is 54.6 Å². The van der Waals surface area contributed by atoms with Crippen LogP contribution in [0.25, 0.3) is 0 Å². The van der Waals surface area contributed by atoms with E-state index in [1.54, 1.807) is 48.5 Å². The number of carbonyl (C=O) groups excluding carboxylic acids is 3. The highest BCUT2D eigenvalue weighted by Gasteiger charge is 2.18. The molecule has 0 heterocycles. The van der Waals surface area contributed by atoms with Crippen LogP contribution in [0.1, 0.15) is 6.92 Å². The number of rotatable bonds is 8. The largest absolute Gasteiger partial charge is 0.454 e. The summed E-state index contributed by atoms with van der Waals surface area (Å²) in [4.78, 5) is 36.7.